The molecule has 0 saturated heterocycles. The minimum Gasteiger partial charge on any atom is -0.326 e. The lowest BCUT2D eigenvalue weighted by Crippen LogP contribution is -2.13. The van der Waals surface area contributed by atoms with E-state index in [1.165, 1.54) is 6.33 Å². The van der Waals surface area contributed by atoms with E-state index in [0.717, 1.165) is 30.5 Å². The van der Waals surface area contributed by atoms with Gasteiger partial charge in [-0.3, -0.25) is 4.79 Å². The number of benzene rings is 1. The molecule has 20 heavy (non-hydrogen) atoms. The Balaban J connectivity index is 1.98. The largest absolute Gasteiger partial charge is 0.326 e. The number of carbonyl (C=O) groups is 1. The van der Waals surface area contributed by atoms with Gasteiger partial charge in [0.2, 0.25) is 5.91 Å². The molecule has 0 radical (unpaired) electrons. The van der Waals surface area contributed by atoms with Gasteiger partial charge in [-0.05, 0) is 18.1 Å². The molecule has 1 aromatic heterocycles. The van der Waals surface area contributed by atoms with E-state index in [9.17, 15) is 4.79 Å². The van der Waals surface area contributed by atoms with E-state index in [4.69, 9.17) is 0 Å². The number of anilines is 1. The van der Waals surface area contributed by atoms with Crippen LogP contribution >= 0.6 is 0 Å². The van der Waals surface area contributed by atoms with E-state index >= 15 is 0 Å². The lowest BCUT2D eigenvalue weighted by atomic mass is 10.1. The number of rotatable bonds is 7. The number of hydrogen-bond acceptors (Lipinski definition) is 3. The van der Waals surface area contributed by atoms with Gasteiger partial charge in [0, 0.05) is 12.1 Å². The summed E-state index contributed by atoms with van der Waals surface area (Å²) in [5.74, 6) is 0.0736. The Kier molecular flexibility index (Phi) is 5.29. The van der Waals surface area contributed by atoms with Crippen molar-refractivity contribution in [2.45, 2.75) is 39.2 Å². The predicted molar refractivity (Wildman–Crippen MR) is 78.3 cm³/mol. The van der Waals surface area contributed by atoms with E-state index in [1.807, 2.05) is 24.3 Å². The van der Waals surface area contributed by atoms with E-state index in [-0.39, 0.29) is 5.91 Å². The summed E-state index contributed by atoms with van der Waals surface area (Å²) in [7, 11) is 0. The molecule has 106 valence electrons. The number of aromatic nitrogens is 3. The maximum absolute atomic E-state index is 11.9. The number of carbonyl (C=O) groups excluding carboxylic acids is 1. The van der Waals surface area contributed by atoms with Gasteiger partial charge in [0.1, 0.15) is 12.7 Å². The minimum atomic E-state index is 0.0736. The van der Waals surface area contributed by atoms with Crippen molar-refractivity contribution in [1.29, 1.82) is 0 Å². The topological polar surface area (TPSA) is 59.8 Å². The van der Waals surface area contributed by atoms with E-state index in [1.54, 1.807) is 11.0 Å². The summed E-state index contributed by atoms with van der Waals surface area (Å²) in [5.41, 5.74) is 1.88. The van der Waals surface area contributed by atoms with Gasteiger partial charge in [-0.1, -0.05) is 38.0 Å². The van der Waals surface area contributed by atoms with Crippen molar-refractivity contribution in [2.75, 3.05) is 5.32 Å². The van der Waals surface area contributed by atoms with Crippen LogP contribution in [0.4, 0.5) is 5.69 Å². The molecular weight excluding hydrogens is 252 g/mol. The van der Waals surface area contributed by atoms with Crippen LogP contribution in [0.1, 0.15) is 38.2 Å². The molecule has 0 aliphatic carbocycles. The third-order valence-electron chi connectivity index (χ3n) is 3.10. The molecule has 0 unspecified atom stereocenters. The van der Waals surface area contributed by atoms with Crippen molar-refractivity contribution >= 4 is 11.6 Å². The van der Waals surface area contributed by atoms with Crippen LogP contribution < -0.4 is 5.32 Å². The first-order valence-corrected chi connectivity index (χ1v) is 6.99. The van der Waals surface area contributed by atoms with Crippen LogP contribution in [0.25, 0.3) is 0 Å². The molecule has 0 fully saturated rings. The van der Waals surface area contributed by atoms with E-state index < -0.39 is 0 Å². The van der Waals surface area contributed by atoms with Crippen LogP contribution in [0.5, 0.6) is 0 Å². The number of hydrogen-bond donors (Lipinski definition) is 1. The molecule has 0 spiro atoms. The molecule has 5 nitrogen and oxygen atoms in total. The summed E-state index contributed by atoms with van der Waals surface area (Å²) in [5, 5.41) is 7.07. The second kappa shape index (κ2) is 7.43. The summed E-state index contributed by atoms with van der Waals surface area (Å²) < 4.78 is 1.74. The Labute approximate surface area is 119 Å². The third-order valence-corrected chi connectivity index (χ3v) is 3.10. The van der Waals surface area contributed by atoms with Crippen molar-refractivity contribution in [2.24, 2.45) is 0 Å². The fraction of sp³-hybridized carbons (Fsp3) is 0.400. The maximum atomic E-state index is 11.9. The van der Waals surface area contributed by atoms with Crippen LogP contribution in [0.3, 0.4) is 0 Å². The van der Waals surface area contributed by atoms with Crippen molar-refractivity contribution in [3.05, 3.63) is 42.5 Å². The van der Waals surface area contributed by atoms with Gasteiger partial charge in [0.25, 0.3) is 0 Å². The molecule has 0 aliphatic rings. The van der Waals surface area contributed by atoms with Crippen molar-refractivity contribution in [3.8, 4) is 0 Å². The van der Waals surface area contributed by atoms with Gasteiger partial charge in [-0.25, -0.2) is 9.67 Å². The highest BCUT2D eigenvalue weighted by Crippen LogP contribution is 2.16. The fourth-order valence-electron chi connectivity index (χ4n) is 2.02. The van der Waals surface area contributed by atoms with Crippen molar-refractivity contribution in [1.82, 2.24) is 14.8 Å². The number of nitrogens with one attached hydrogen (secondary N) is 1. The molecule has 1 N–H and O–H groups in total. The molecule has 1 aromatic carbocycles. The highest BCUT2D eigenvalue weighted by Gasteiger charge is 2.07. The summed E-state index contributed by atoms with van der Waals surface area (Å²) >= 11 is 0. The molecule has 2 aromatic rings. The average Bonchev–Trinajstić information content (AvgIpc) is 2.94. The Hall–Kier alpha value is -2.17. The Bertz CT molecular complexity index is 537. The first-order chi connectivity index (χ1) is 9.79. The highest BCUT2D eigenvalue weighted by molar-refractivity contribution is 5.91. The second-order valence-corrected chi connectivity index (χ2v) is 4.76. The van der Waals surface area contributed by atoms with Crippen LogP contribution in [0.15, 0.2) is 36.9 Å². The Morgan fingerprint density at radius 3 is 2.90 bits per heavy atom. The van der Waals surface area contributed by atoms with Crippen molar-refractivity contribution in [3.63, 3.8) is 0 Å². The van der Waals surface area contributed by atoms with Gasteiger partial charge in [-0.2, -0.15) is 5.10 Å². The second-order valence-electron chi connectivity index (χ2n) is 4.76. The fourth-order valence-corrected chi connectivity index (χ4v) is 2.02. The number of para-hydroxylation sites is 1. The van der Waals surface area contributed by atoms with Gasteiger partial charge in [-0.15, -0.1) is 0 Å². The summed E-state index contributed by atoms with van der Waals surface area (Å²) in [6.45, 7) is 2.73. The Morgan fingerprint density at radius 1 is 1.30 bits per heavy atom. The summed E-state index contributed by atoms with van der Waals surface area (Å²) in [6.07, 6.45) is 6.90. The normalized spacial score (nSPS) is 10.4. The van der Waals surface area contributed by atoms with Gasteiger partial charge < -0.3 is 5.32 Å². The van der Waals surface area contributed by atoms with Gasteiger partial charge in [0.05, 0.1) is 6.54 Å². The molecule has 2 rings (SSSR count). The van der Waals surface area contributed by atoms with E-state index in [0.29, 0.717) is 13.0 Å². The van der Waals surface area contributed by atoms with Gasteiger partial charge >= 0.3 is 0 Å². The molecule has 1 heterocycles. The highest BCUT2D eigenvalue weighted by atomic mass is 16.1. The van der Waals surface area contributed by atoms with Gasteiger partial charge in [0.15, 0.2) is 0 Å². The maximum Gasteiger partial charge on any atom is 0.224 e. The molecule has 5 heteroatoms. The van der Waals surface area contributed by atoms with Crippen LogP contribution in [0, 0.1) is 0 Å². The summed E-state index contributed by atoms with van der Waals surface area (Å²) in [6, 6.07) is 7.79. The Morgan fingerprint density at radius 2 is 2.15 bits per heavy atom. The summed E-state index contributed by atoms with van der Waals surface area (Å²) in [4.78, 5) is 15.8. The zero-order valence-corrected chi connectivity index (χ0v) is 11.7. The molecule has 0 bridgehead atoms. The standard InChI is InChI=1S/C15H20N4O/c1-2-3-4-9-15(20)18-14-8-6-5-7-13(14)10-19-12-16-11-17-19/h5-8,11-12H,2-4,9-10H2,1H3,(H,18,20). The number of amides is 1. The van der Waals surface area contributed by atoms with Crippen LogP contribution in [0.2, 0.25) is 0 Å². The predicted octanol–water partition coefficient (Wildman–Crippen LogP) is 2.85. The lowest BCUT2D eigenvalue weighted by molar-refractivity contribution is -0.116. The SMILES string of the molecule is CCCCCC(=O)Nc1ccccc1Cn1cncn1. The first-order valence-electron chi connectivity index (χ1n) is 6.99. The quantitative estimate of drug-likeness (QED) is 0.788. The average molecular weight is 272 g/mol. The van der Waals surface area contributed by atoms with Crippen LogP contribution in [-0.4, -0.2) is 20.7 Å². The number of nitrogens with zero attached hydrogens (tertiary/aromatic N) is 3. The minimum absolute atomic E-state index is 0.0736. The first kappa shape index (κ1) is 14.2. The molecule has 1 amide bonds. The van der Waals surface area contributed by atoms with Crippen LogP contribution in [-0.2, 0) is 11.3 Å². The number of unbranched alkanes of at least 4 members (excludes halogenated alkanes) is 2. The molecule has 0 aliphatic heterocycles. The van der Waals surface area contributed by atoms with E-state index in [2.05, 4.69) is 22.3 Å². The zero-order valence-electron chi connectivity index (χ0n) is 11.7. The lowest BCUT2D eigenvalue weighted by Gasteiger charge is -2.11. The molecular formula is C15H20N4O. The molecule has 0 saturated carbocycles. The van der Waals surface area contributed by atoms with Crippen molar-refractivity contribution < 1.29 is 4.79 Å². The monoisotopic (exact) mass is 272 g/mol. The smallest absolute Gasteiger partial charge is 0.224 e. The third kappa shape index (κ3) is 4.19. The zero-order chi connectivity index (χ0) is 14.2. The molecule has 0 atom stereocenters.